The smallest absolute Gasteiger partial charge is 0.234 e. The van der Waals surface area contributed by atoms with E-state index in [4.69, 9.17) is 0 Å². The highest BCUT2D eigenvalue weighted by Crippen LogP contribution is 2.20. The molecule has 4 heterocycles. The first-order valence-electron chi connectivity index (χ1n) is 10.5. The van der Waals surface area contributed by atoms with Crippen molar-refractivity contribution in [2.75, 3.05) is 38.5 Å². The molecule has 0 radical (unpaired) electrons. The van der Waals surface area contributed by atoms with Crippen LogP contribution in [-0.4, -0.2) is 90.9 Å². The van der Waals surface area contributed by atoms with Gasteiger partial charge in [0.2, 0.25) is 11.8 Å². The average Bonchev–Trinajstić information content (AvgIpc) is 3.21. The van der Waals surface area contributed by atoms with Gasteiger partial charge in [0.1, 0.15) is 5.03 Å². The third kappa shape index (κ3) is 5.40. The van der Waals surface area contributed by atoms with Gasteiger partial charge in [-0.1, -0.05) is 11.8 Å². The fourth-order valence-corrected chi connectivity index (χ4v) is 4.23. The van der Waals surface area contributed by atoms with Crippen molar-refractivity contribution in [1.29, 1.82) is 0 Å². The zero-order valence-corrected chi connectivity index (χ0v) is 19.0. The Morgan fingerprint density at radius 3 is 2.66 bits per heavy atom. The average molecular weight is 455 g/mol. The van der Waals surface area contributed by atoms with Gasteiger partial charge in [-0.3, -0.25) is 19.5 Å². The minimum atomic E-state index is 0.0245. The van der Waals surface area contributed by atoms with Crippen molar-refractivity contribution >= 4 is 29.2 Å². The van der Waals surface area contributed by atoms with E-state index in [1.165, 1.54) is 11.8 Å². The fourth-order valence-electron chi connectivity index (χ4n) is 3.48. The van der Waals surface area contributed by atoms with Gasteiger partial charge in [-0.25, -0.2) is 0 Å². The predicted octanol–water partition coefficient (Wildman–Crippen LogP) is 0.947. The zero-order valence-electron chi connectivity index (χ0n) is 18.1. The van der Waals surface area contributed by atoms with Crippen molar-refractivity contribution in [2.45, 2.75) is 24.9 Å². The van der Waals surface area contributed by atoms with Crippen LogP contribution in [0, 0.1) is 0 Å². The summed E-state index contributed by atoms with van der Waals surface area (Å²) in [6.45, 7) is 6.90. The maximum atomic E-state index is 12.7. The molecular weight excluding hydrogens is 428 g/mol. The van der Waals surface area contributed by atoms with E-state index in [9.17, 15) is 9.59 Å². The Morgan fingerprint density at radius 1 is 1.12 bits per heavy atom. The van der Waals surface area contributed by atoms with Crippen LogP contribution in [0.2, 0.25) is 0 Å². The van der Waals surface area contributed by atoms with Crippen LogP contribution in [0.1, 0.15) is 13.8 Å². The first-order valence-corrected chi connectivity index (χ1v) is 11.5. The van der Waals surface area contributed by atoms with E-state index < -0.39 is 0 Å². The van der Waals surface area contributed by atoms with Gasteiger partial charge in [0.05, 0.1) is 12.3 Å². The Kier molecular flexibility index (Phi) is 6.96. The van der Waals surface area contributed by atoms with E-state index in [-0.39, 0.29) is 17.9 Å². The number of carbonyl (C=O) groups is 2. The minimum absolute atomic E-state index is 0.0245. The Morgan fingerprint density at radius 2 is 1.94 bits per heavy atom. The van der Waals surface area contributed by atoms with E-state index in [0.29, 0.717) is 49.9 Å². The molecule has 168 valence electrons. The third-order valence-electron chi connectivity index (χ3n) is 5.04. The minimum Gasteiger partial charge on any atom is -0.353 e. The van der Waals surface area contributed by atoms with Crippen LogP contribution in [0.5, 0.6) is 0 Å². The third-order valence-corrected chi connectivity index (χ3v) is 5.95. The second-order valence-corrected chi connectivity index (χ2v) is 8.87. The molecule has 3 aromatic rings. The van der Waals surface area contributed by atoms with Crippen molar-refractivity contribution in [3.63, 3.8) is 0 Å². The highest BCUT2D eigenvalue weighted by molar-refractivity contribution is 7.99. The molecule has 0 bridgehead atoms. The largest absolute Gasteiger partial charge is 0.353 e. The number of rotatable bonds is 7. The van der Waals surface area contributed by atoms with Crippen LogP contribution in [0.25, 0.3) is 17.0 Å². The van der Waals surface area contributed by atoms with Crippen LogP contribution >= 0.6 is 11.8 Å². The second kappa shape index (κ2) is 10.0. The standard InChI is InChI=1S/C21H26N8O2S/c1-15(2)23-18(30)13-27-8-10-28(11-9-27)20(31)14-32-19-6-5-17-24-25-21(29(17)26-19)16-4-3-7-22-12-16/h3-7,12,15H,8-11,13-14H2,1-2H3,(H,23,30). The van der Waals surface area contributed by atoms with E-state index in [2.05, 4.69) is 30.5 Å². The molecule has 0 saturated carbocycles. The molecule has 0 atom stereocenters. The highest BCUT2D eigenvalue weighted by atomic mass is 32.2. The lowest BCUT2D eigenvalue weighted by Gasteiger charge is -2.34. The summed E-state index contributed by atoms with van der Waals surface area (Å²) >= 11 is 1.39. The lowest BCUT2D eigenvalue weighted by Crippen LogP contribution is -2.52. The summed E-state index contributed by atoms with van der Waals surface area (Å²) in [4.78, 5) is 32.7. The Balaban J connectivity index is 1.31. The first kappa shape index (κ1) is 22.2. The summed E-state index contributed by atoms with van der Waals surface area (Å²) < 4.78 is 1.67. The molecule has 1 saturated heterocycles. The molecule has 0 aromatic carbocycles. The van der Waals surface area contributed by atoms with Gasteiger partial charge in [-0.15, -0.1) is 10.2 Å². The molecule has 0 spiro atoms. The zero-order chi connectivity index (χ0) is 22.5. The van der Waals surface area contributed by atoms with E-state index >= 15 is 0 Å². The number of thioether (sulfide) groups is 1. The van der Waals surface area contributed by atoms with Crippen LogP contribution in [0.4, 0.5) is 0 Å². The van der Waals surface area contributed by atoms with E-state index in [1.807, 2.05) is 43.0 Å². The van der Waals surface area contributed by atoms with Crippen LogP contribution in [0.3, 0.4) is 0 Å². The number of amides is 2. The predicted molar refractivity (Wildman–Crippen MR) is 121 cm³/mol. The lowest BCUT2D eigenvalue weighted by atomic mass is 10.3. The van der Waals surface area contributed by atoms with Crippen LogP contribution < -0.4 is 5.32 Å². The number of nitrogens with zero attached hydrogens (tertiary/aromatic N) is 7. The van der Waals surface area contributed by atoms with Gasteiger partial charge in [-0.05, 0) is 38.1 Å². The summed E-state index contributed by atoms with van der Waals surface area (Å²) in [6, 6.07) is 7.56. The number of nitrogens with one attached hydrogen (secondary N) is 1. The SMILES string of the molecule is CC(C)NC(=O)CN1CCN(C(=O)CSc2ccc3nnc(-c4cccnc4)n3n2)CC1. The molecular formula is C21H26N8O2S. The molecule has 3 aromatic heterocycles. The molecule has 10 nitrogen and oxygen atoms in total. The van der Waals surface area contributed by atoms with Crippen molar-refractivity contribution < 1.29 is 9.59 Å². The second-order valence-electron chi connectivity index (χ2n) is 7.87. The molecule has 0 aliphatic carbocycles. The van der Waals surface area contributed by atoms with Gasteiger partial charge >= 0.3 is 0 Å². The number of pyridine rings is 1. The number of hydrogen-bond acceptors (Lipinski definition) is 8. The van der Waals surface area contributed by atoms with Gasteiger partial charge in [0, 0.05) is 50.2 Å². The van der Waals surface area contributed by atoms with Crippen LogP contribution in [-0.2, 0) is 9.59 Å². The highest BCUT2D eigenvalue weighted by Gasteiger charge is 2.23. The summed E-state index contributed by atoms with van der Waals surface area (Å²) in [7, 11) is 0. The van der Waals surface area contributed by atoms with E-state index in [1.54, 1.807) is 16.9 Å². The summed E-state index contributed by atoms with van der Waals surface area (Å²) in [5, 5.41) is 16.6. The summed E-state index contributed by atoms with van der Waals surface area (Å²) in [5.41, 5.74) is 1.46. The Hall–Kier alpha value is -3.05. The molecule has 32 heavy (non-hydrogen) atoms. The molecule has 11 heteroatoms. The number of fused-ring (bicyclic) bond motifs is 1. The molecule has 4 rings (SSSR count). The first-order chi connectivity index (χ1) is 15.5. The van der Waals surface area contributed by atoms with Crippen LogP contribution in [0.15, 0.2) is 41.7 Å². The normalized spacial score (nSPS) is 14.8. The molecule has 1 N–H and O–H groups in total. The fraction of sp³-hybridized carbons (Fsp3) is 0.429. The summed E-state index contributed by atoms with van der Waals surface area (Å²) in [6.07, 6.45) is 3.42. The Bertz CT molecular complexity index is 1080. The monoisotopic (exact) mass is 454 g/mol. The maximum Gasteiger partial charge on any atom is 0.234 e. The van der Waals surface area contributed by atoms with Gasteiger partial charge in [0.15, 0.2) is 11.5 Å². The van der Waals surface area contributed by atoms with Gasteiger partial charge < -0.3 is 10.2 Å². The van der Waals surface area contributed by atoms with Crippen molar-refractivity contribution in [3.05, 3.63) is 36.7 Å². The topological polar surface area (TPSA) is 109 Å². The lowest BCUT2D eigenvalue weighted by molar-refractivity contribution is -0.130. The Labute approximate surface area is 190 Å². The molecule has 0 unspecified atom stereocenters. The number of carbonyl (C=O) groups excluding carboxylic acids is 2. The summed E-state index contributed by atoms with van der Waals surface area (Å²) in [5.74, 6) is 1.01. The molecule has 2 amide bonds. The number of hydrogen-bond donors (Lipinski definition) is 1. The molecule has 1 aliphatic heterocycles. The maximum absolute atomic E-state index is 12.7. The van der Waals surface area contributed by atoms with Gasteiger partial charge in [-0.2, -0.15) is 9.61 Å². The van der Waals surface area contributed by atoms with E-state index in [0.717, 1.165) is 10.6 Å². The van der Waals surface area contributed by atoms with Gasteiger partial charge in [0.25, 0.3) is 0 Å². The van der Waals surface area contributed by atoms with Crippen molar-refractivity contribution in [3.8, 4) is 11.4 Å². The molecule has 1 aliphatic rings. The number of aromatic nitrogens is 5. The van der Waals surface area contributed by atoms with Crippen molar-refractivity contribution in [2.24, 2.45) is 0 Å². The quantitative estimate of drug-likeness (QED) is 0.526. The number of piperazine rings is 1. The van der Waals surface area contributed by atoms with Crippen molar-refractivity contribution in [1.82, 2.24) is 39.9 Å². The molecule has 1 fully saturated rings.